The summed E-state index contributed by atoms with van der Waals surface area (Å²) in [6.45, 7) is 0. The summed E-state index contributed by atoms with van der Waals surface area (Å²) >= 11 is 2.29. The Hall–Kier alpha value is -2.93. The molecule has 1 aromatic heterocycles. The second kappa shape index (κ2) is 7.75. The minimum atomic E-state index is -0.127. The molecule has 1 heterocycles. The number of nitrogens with one attached hydrogen (secondary N) is 2. The van der Waals surface area contributed by atoms with Crippen molar-refractivity contribution in [3.63, 3.8) is 0 Å². The molecule has 5 heteroatoms. The number of nitrogens with zero attached hydrogens (tertiary/aromatic N) is 1. The van der Waals surface area contributed by atoms with Crippen LogP contribution in [0, 0.1) is 3.57 Å². The fourth-order valence-corrected chi connectivity index (χ4v) is 3.33. The maximum Gasteiger partial charge on any atom is 0.255 e. The molecule has 0 bridgehead atoms. The summed E-state index contributed by atoms with van der Waals surface area (Å²) in [5.74, 6) is -0.127. The van der Waals surface area contributed by atoms with Crippen molar-refractivity contribution in [3.05, 3.63) is 93.2 Å². The number of rotatable bonds is 4. The van der Waals surface area contributed by atoms with E-state index >= 15 is 0 Å². The molecular formula is C22H16IN3O. The van der Waals surface area contributed by atoms with Crippen molar-refractivity contribution in [1.82, 2.24) is 10.2 Å². The number of aromatic nitrogens is 2. The van der Waals surface area contributed by atoms with Crippen LogP contribution in [-0.2, 0) is 0 Å². The number of halogens is 1. The lowest BCUT2D eigenvalue weighted by atomic mass is 10.1. The van der Waals surface area contributed by atoms with Gasteiger partial charge in [0.2, 0.25) is 0 Å². The van der Waals surface area contributed by atoms with Crippen molar-refractivity contribution in [2.24, 2.45) is 0 Å². The maximum absolute atomic E-state index is 12.5. The highest BCUT2D eigenvalue weighted by atomic mass is 127. The maximum atomic E-state index is 12.5. The van der Waals surface area contributed by atoms with Crippen LogP contribution in [0.5, 0.6) is 0 Å². The van der Waals surface area contributed by atoms with Crippen molar-refractivity contribution in [1.29, 1.82) is 0 Å². The van der Waals surface area contributed by atoms with Crippen LogP contribution in [0.4, 0.5) is 5.69 Å². The molecular weight excluding hydrogens is 449 g/mol. The molecule has 2 N–H and O–H groups in total. The van der Waals surface area contributed by atoms with Crippen LogP contribution < -0.4 is 5.32 Å². The molecule has 0 spiro atoms. The molecule has 4 aromatic rings. The van der Waals surface area contributed by atoms with Crippen LogP contribution in [-0.4, -0.2) is 16.1 Å². The predicted octanol–water partition coefficient (Wildman–Crippen LogP) is 5.59. The smallest absolute Gasteiger partial charge is 0.255 e. The number of anilines is 1. The lowest BCUT2D eigenvalue weighted by Gasteiger charge is -2.08. The Balaban J connectivity index is 1.62. The van der Waals surface area contributed by atoms with Gasteiger partial charge in [-0.3, -0.25) is 9.89 Å². The number of H-pyrrole nitrogens is 1. The summed E-state index contributed by atoms with van der Waals surface area (Å²) in [5, 5.41) is 11.5. The first kappa shape index (κ1) is 17.5. The highest BCUT2D eigenvalue weighted by Crippen LogP contribution is 2.23. The van der Waals surface area contributed by atoms with E-state index in [-0.39, 0.29) is 5.91 Å². The van der Waals surface area contributed by atoms with Gasteiger partial charge in [-0.25, -0.2) is 0 Å². The van der Waals surface area contributed by atoms with E-state index in [1.54, 1.807) is 12.1 Å². The second-order valence-electron chi connectivity index (χ2n) is 6.04. The van der Waals surface area contributed by atoms with Gasteiger partial charge in [-0.15, -0.1) is 0 Å². The molecule has 1 amide bonds. The molecule has 27 heavy (non-hydrogen) atoms. The first-order chi connectivity index (χ1) is 13.2. The molecule has 3 aromatic carbocycles. The van der Waals surface area contributed by atoms with Crippen molar-refractivity contribution < 1.29 is 4.79 Å². The van der Waals surface area contributed by atoms with Crippen molar-refractivity contribution in [2.75, 3.05) is 5.32 Å². The summed E-state index contributed by atoms with van der Waals surface area (Å²) in [6.07, 6.45) is 3.96. The molecule has 0 saturated carbocycles. The van der Waals surface area contributed by atoms with E-state index < -0.39 is 0 Å². The van der Waals surface area contributed by atoms with E-state index in [1.807, 2.05) is 66.7 Å². The Labute approximate surface area is 170 Å². The van der Waals surface area contributed by atoms with Gasteiger partial charge in [0, 0.05) is 20.2 Å². The molecule has 0 aliphatic heterocycles. The third-order valence-electron chi connectivity index (χ3n) is 4.22. The van der Waals surface area contributed by atoms with Gasteiger partial charge in [0.1, 0.15) is 0 Å². The van der Waals surface area contributed by atoms with Crippen molar-refractivity contribution >= 4 is 57.2 Å². The molecule has 4 nitrogen and oxygen atoms in total. The van der Waals surface area contributed by atoms with E-state index in [1.165, 1.54) is 0 Å². The van der Waals surface area contributed by atoms with Crippen LogP contribution in [0.15, 0.2) is 72.8 Å². The quantitative estimate of drug-likeness (QED) is 0.386. The summed E-state index contributed by atoms with van der Waals surface area (Å²) < 4.78 is 1.16. The number of hydrogen-bond acceptors (Lipinski definition) is 2. The lowest BCUT2D eigenvalue weighted by Crippen LogP contribution is -2.12. The van der Waals surface area contributed by atoms with Crippen molar-refractivity contribution in [2.45, 2.75) is 0 Å². The zero-order chi connectivity index (χ0) is 18.6. The third kappa shape index (κ3) is 3.93. The van der Waals surface area contributed by atoms with E-state index in [0.717, 1.165) is 31.4 Å². The number of carbonyl (C=O) groups excluding carboxylic acids is 1. The standard InChI is InChI=1S/C22H16IN3O/c23-17-11-13-21-18(14-17)20(25-26-21)12-10-15-6-4-5-9-19(15)24-22(27)16-7-2-1-3-8-16/h1-14H,(H,24,27)(H,25,26). The van der Waals surface area contributed by atoms with Gasteiger partial charge in [0.25, 0.3) is 5.91 Å². The molecule has 0 radical (unpaired) electrons. The number of amides is 1. The Morgan fingerprint density at radius 1 is 0.963 bits per heavy atom. The molecule has 0 aliphatic carbocycles. The van der Waals surface area contributed by atoms with Gasteiger partial charge in [0.15, 0.2) is 0 Å². The van der Waals surface area contributed by atoms with Gasteiger partial charge in [-0.1, -0.05) is 42.5 Å². The highest BCUT2D eigenvalue weighted by Gasteiger charge is 2.08. The van der Waals surface area contributed by atoms with Crippen LogP contribution in [0.2, 0.25) is 0 Å². The Kier molecular flexibility index (Phi) is 5.02. The Morgan fingerprint density at radius 2 is 1.74 bits per heavy atom. The predicted molar refractivity (Wildman–Crippen MR) is 119 cm³/mol. The molecule has 0 fully saturated rings. The fraction of sp³-hybridized carbons (Fsp3) is 0. The number of hydrogen-bond donors (Lipinski definition) is 2. The van der Waals surface area contributed by atoms with Crippen molar-refractivity contribution in [3.8, 4) is 0 Å². The van der Waals surface area contributed by atoms with Gasteiger partial charge in [-0.05, 0) is 70.6 Å². The highest BCUT2D eigenvalue weighted by molar-refractivity contribution is 14.1. The molecule has 0 unspecified atom stereocenters. The van der Waals surface area contributed by atoms with E-state index in [2.05, 4.69) is 44.2 Å². The molecule has 0 saturated heterocycles. The summed E-state index contributed by atoms with van der Waals surface area (Å²) in [6, 6.07) is 23.1. The normalized spacial score (nSPS) is 11.1. The summed E-state index contributed by atoms with van der Waals surface area (Å²) in [4.78, 5) is 12.5. The zero-order valence-electron chi connectivity index (χ0n) is 14.3. The fourth-order valence-electron chi connectivity index (χ4n) is 2.84. The van der Waals surface area contributed by atoms with E-state index in [9.17, 15) is 4.79 Å². The molecule has 0 aliphatic rings. The second-order valence-corrected chi connectivity index (χ2v) is 7.29. The Bertz CT molecular complexity index is 1130. The molecule has 132 valence electrons. The van der Waals surface area contributed by atoms with Crippen LogP contribution in [0.3, 0.4) is 0 Å². The Morgan fingerprint density at radius 3 is 2.59 bits per heavy atom. The molecule has 0 atom stereocenters. The SMILES string of the molecule is O=C(Nc1ccccc1C=Cc1[nH]nc2ccc(I)cc12)c1ccccc1. The number of para-hydroxylation sites is 1. The van der Waals surface area contributed by atoms with Gasteiger partial charge < -0.3 is 5.32 Å². The lowest BCUT2D eigenvalue weighted by molar-refractivity contribution is 0.102. The van der Waals surface area contributed by atoms with Gasteiger partial charge in [-0.2, -0.15) is 5.10 Å². The average Bonchev–Trinajstić information content (AvgIpc) is 3.10. The molecule has 4 rings (SSSR count). The van der Waals surface area contributed by atoms with Crippen LogP contribution in [0.1, 0.15) is 21.6 Å². The first-order valence-electron chi connectivity index (χ1n) is 8.48. The number of carbonyl (C=O) groups is 1. The first-order valence-corrected chi connectivity index (χ1v) is 9.56. The van der Waals surface area contributed by atoms with Gasteiger partial charge in [0.05, 0.1) is 11.2 Å². The topological polar surface area (TPSA) is 57.8 Å². The van der Waals surface area contributed by atoms with E-state index in [4.69, 9.17) is 0 Å². The zero-order valence-corrected chi connectivity index (χ0v) is 16.5. The number of benzene rings is 3. The minimum Gasteiger partial charge on any atom is -0.321 e. The van der Waals surface area contributed by atoms with Gasteiger partial charge >= 0.3 is 0 Å². The largest absolute Gasteiger partial charge is 0.321 e. The average molecular weight is 465 g/mol. The number of fused-ring (bicyclic) bond motifs is 1. The van der Waals surface area contributed by atoms with Crippen LogP contribution >= 0.6 is 22.6 Å². The van der Waals surface area contributed by atoms with Crippen LogP contribution in [0.25, 0.3) is 23.1 Å². The third-order valence-corrected chi connectivity index (χ3v) is 4.89. The number of aromatic amines is 1. The summed E-state index contributed by atoms with van der Waals surface area (Å²) in [7, 11) is 0. The monoisotopic (exact) mass is 465 g/mol. The summed E-state index contributed by atoms with van der Waals surface area (Å²) in [5.41, 5.74) is 4.19. The minimum absolute atomic E-state index is 0.127. The van der Waals surface area contributed by atoms with E-state index in [0.29, 0.717) is 5.56 Å².